The summed E-state index contributed by atoms with van der Waals surface area (Å²) in [6.45, 7) is 0.341. The van der Waals surface area contributed by atoms with Crippen molar-refractivity contribution in [1.29, 1.82) is 0 Å². The molecular weight excluding hydrogens is 274 g/mol. The fourth-order valence-corrected chi connectivity index (χ4v) is 3.49. The SMILES string of the molecule is CN(CC1CCC1)S(=O)(=O)c1cccc(C#CCO)c1. The van der Waals surface area contributed by atoms with Crippen molar-refractivity contribution < 1.29 is 13.5 Å². The Labute approximate surface area is 120 Å². The zero-order chi connectivity index (χ0) is 14.6. The van der Waals surface area contributed by atoms with E-state index in [1.54, 1.807) is 31.3 Å². The predicted molar refractivity (Wildman–Crippen MR) is 77.6 cm³/mol. The molecule has 0 aliphatic heterocycles. The largest absolute Gasteiger partial charge is 0.384 e. The zero-order valence-electron chi connectivity index (χ0n) is 11.5. The van der Waals surface area contributed by atoms with Crippen LogP contribution >= 0.6 is 0 Å². The monoisotopic (exact) mass is 293 g/mol. The van der Waals surface area contributed by atoms with Crippen molar-refractivity contribution in [2.75, 3.05) is 20.2 Å². The minimum absolute atomic E-state index is 0.238. The van der Waals surface area contributed by atoms with E-state index < -0.39 is 10.0 Å². The highest BCUT2D eigenvalue weighted by Gasteiger charge is 2.26. The highest BCUT2D eigenvalue weighted by atomic mass is 32.2. The molecule has 1 aliphatic rings. The van der Waals surface area contributed by atoms with E-state index in [9.17, 15) is 8.42 Å². The number of sulfonamides is 1. The quantitative estimate of drug-likeness (QED) is 0.855. The van der Waals surface area contributed by atoms with E-state index in [0.29, 0.717) is 18.0 Å². The maximum Gasteiger partial charge on any atom is 0.242 e. The number of aliphatic hydroxyl groups is 1. The van der Waals surface area contributed by atoms with Gasteiger partial charge in [-0.1, -0.05) is 24.3 Å². The fraction of sp³-hybridized carbons (Fsp3) is 0.467. The third kappa shape index (κ3) is 3.40. The molecule has 20 heavy (non-hydrogen) atoms. The number of hydrogen-bond donors (Lipinski definition) is 1. The summed E-state index contributed by atoms with van der Waals surface area (Å²) in [7, 11) is -1.83. The molecule has 0 aromatic heterocycles. The Bertz CT molecular complexity index is 624. The summed E-state index contributed by atoms with van der Waals surface area (Å²) in [5.41, 5.74) is 0.595. The molecular formula is C15H19NO3S. The van der Waals surface area contributed by atoms with Gasteiger partial charge >= 0.3 is 0 Å². The third-order valence-corrected chi connectivity index (χ3v) is 5.41. The number of nitrogens with zero attached hydrogens (tertiary/aromatic N) is 1. The second-order valence-electron chi connectivity index (χ2n) is 5.07. The first-order chi connectivity index (χ1) is 9.54. The Kier molecular flexibility index (Phi) is 4.81. The lowest BCUT2D eigenvalue weighted by Gasteiger charge is -2.29. The lowest BCUT2D eigenvalue weighted by atomic mass is 9.86. The Balaban J connectivity index is 2.19. The molecule has 0 radical (unpaired) electrons. The highest BCUT2D eigenvalue weighted by molar-refractivity contribution is 7.89. The van der Waals surface area contributed by atoms with Crippen LogP contribution in [0.4, 0.5) is 0 Å². The summed E-state index contributed by atoms with van der Waals surface area (Å²) < 4.78 is 26.4. The molecule has 1 aromatic rings. The van der Waals surface area contributed by atoms with Gasteiger partial charge in [-0.05, 0) is 37.0 Å². The van der Waals surface area contributed by atoms with Crippen LogP contribution in [0.15, 0.2) is 29.2 Å². The first-order valence-electron chi connectivity index (χ1n) is 6.70. The van der Waals surface area contributed by atoms with E-state index in [2.05, 4.69) is 11.8 Å². The first kappa shape index (κ1) is 15.0. The maximum atomic E-state index is 12.5. The van der Waals surface area contributed by atoms with Gasteiger partial charge in [0.05, 0.1) is 4.90 Å². The number of hydrogen-bond acceptors (Lipinski definition) is 3. The highest BCUT2D eigenvalue weighted by Crippen LogP contribution is 2.28. The summed E-state index contributed by atoms with van der Waals surface area (Å²) in [6.07, 6.45) is 3.43. The first-order valence-corrected chi connectivity index (χ1v) is 8.14. The van der Waals surface area contributed by atoms with Gasteiger partial charge in [-0.15, -0.1) is 0 Å². The van der Waals surface area contributed by atoms with Crippen LogP contribution < -0.4 is 0 Å². The molecule has 2 rings (SSSR count). The molecule has 0 heterocycles. The lowest BCUT2D eigenvalue weighted by Crippen LogP contribution is -2.34. The summed E-state index contributed by atoms with van der Waals surface area (Å²) in [5.74, 6) is 5.74. The predicted octanol–water partition coefficient (Wildman–Crippen LogP) is 1.45. The molecule has 1 aliphatic carbocycles. The van der Waals surface area contributed by atoms with E-state index in [0.717, 1.165) is 12.8 Å². The second-order valence-corrected chi connectivity index (χ2v) is 7.12. The van der Waals surface area contributed by atoms with Crippen LogP contribution in [0.5, 0.6) is 0 Å². The molecule has 0 bridgehead atoms. The van der Waals surface area contributed by atoms with Crippen molar-refractivity contribution >= 4 is 10.0 Å². The van der Waals surface area contributed by atoms with Crippen molar-refractivity contribution in [3.8, 4) is 11.8 Å². The molecule has 0 saturated heterocycles. The molecule has 1 aromatic carbocycles. The topological polar surface area (TPSA) is 57.6 Å². The van der Waals surface area contributed by atoms with Crippen LogP contribution in [0, 0.1) is 17.8 Å². The Morgan fingerprint density at radius 2 is 2.15 bits per heavy atom. The van der Waals surface area contributed by atoms with Crippen molar-refractivity contribution in [1.82, 2.24) is 4.31 Å². The molecule has 0 spiro atoms. The van der Waals surface area contributed by atoms with Gasteiger partial charge in [-0.3, -0.25) is 0 Å². The van der Waals surface area contributed by atoms with Gasteiger partial charge in [0, 0.05) is 19.2 Å². The van der Waals surface area contributed by atoms with E-state index in [4.69, 9.17) is 5.11 Å². The summed E-state index contributed by atoms with van der Waals surface area (Å²) >= 11 is 0. The van der Waals surface area contributed by atoms with E-state index in [1.807, 2.05) is 0 Å². The van der Waals surface area contributed by atoms with Gasteiger partial charge in [0.25, 0.3) is 0 Å². The van der Waals surface area contributed by atoms with Crippen LogP contribution in [0.3, 0.4) is 0 Å². The molecule has 1 fully saturated rings. The van der Waals surface area contributed by atoms with Gasteiger partial charge in [-0.2, -0.15) is 0 Å². The van der Waals surface area contributed by atoms with Gasteiger partial charge < -0.3 is 5.11 Å². The average molecular weight is 293 g/mol. The standard InChI is InChI=1S/C15H19NO3S/c1-16(12-14-6-2-7-14)20(18,19)15-9-3-5-13(11-15)8-4-10-17/h3,5,9,11,14,17H,2,6-7,10,12H2,1H3. The van der Waals surface area contributed by atoms with Gasteiger partial charge in [-0.25, -0.2) is 12.7 Å². The van der Waals surface area contributed by atoms with Crippen LogP contribution in [0.1, 0.15) is 24.8 Å². The summed E-state index contributed by atoms with van der Waals surface area (Å²) in [4.78, 5) is 0.254. The van der Waals surface area contributed by atoms with Crippen molar-refractivity contribution in [3.63, 3.8) is 0 Å². The number of aliphatic hydroxyl groups excluding tert-OH is 1. The Hall–Kier alpha value is -1.35. The molecule has 0 amide bonds. The lowest BCUT2D eigenvalue weighted by molar-refractivity contribution is 0.263. The van der Waals surface area contributed by atoms with Gasteiger partial charge in [0.15, 0.2) is 0 Å². The van der Waals surface area contributed by atoms with Gasteiger partial charge in [0.2, 0.25) is 10.0 Å². The molecule has 1 saturated carbocycles. The molecule has 1 N–H and O–H groups in total. The molecule has 4 nitrogen and oxygen atoms in total. The van der Waals surface area contributed by atoms with Crippen molar-refractivity contribution in [2.45, 2.75) is 24.2 Å². The van der Waals surface area contributed by atoms with Crippen LogP contribution in [-0.2, 0) is 10.0 Å². The summed E-state index contributed by atoms with van der Waals surface area (Å²) in [5, 5.41) is 8.68. The van der Waals surface area contributed by atoms with Crippen molar-refractivity contribution in [2.24, 2.45) is 5.92 Å². The minimum atomic E-state index is -3.45. The third-order valence-electron chi connectivity index (χ3n) is 3.59. The second kappa shape index (κ2) is 6.40. The minimum Gasteiger partial charge on any atom is -0.384 e. The summed E-state index contributed by atoms with van der Waals surface area (Å²) in [6, 6.07) is 6.53. The van der Waals surface area contributed by atoms with Crippen LogP contribution in [0.2, 0.25) is 0 Å². The average Bonchev–Trinajstić information content (AvgIpc) is 2.40. The van der Waals surface area contributed by atoms with E-state index >= 15 is 0 Å². The Morgan fingerprint density at radius 1 is 1.40 bits per heavy atom. The van der Waals surface area contributed by atoms with E-state index in [1.165, 1.54) is 10.7 Å². The smallest absolute Gasteiger partial charge is 0.242 e. The number of benzene rings is 1. The fourth-order valence-electron chi connectivity index (χ4n) is 2.19. The number of rotatable bonds is 4. The van der Waals surface area contributed by atoms with E-state index in [-0.39, 0.29) is 11.5 Å². The normalized spacial score (nSPS) is 15.6. The molecule has 5 heteroatoms. The van der Waals surface area contributed by atoms with Gasteiger partial charge in [0.1, 0.15) is 6.61 Å². The molecule has 0 atom stereocenters. The van der Waals surface area contributed by atoms with Crippen LogP contribution in [-0.4, -0.2) is 38.0 Å². The zero-order valence-corrected chi connectivity index (χ0v) is 12.4. The maximum absolute atomic E-state index is 12.5. The Morgan fingerprint density at radius 3 is 2.75 bits per heavy atom. The van der Waals surface area contributed by atoms with Crippen LogP contribution in [0.25, 0.3) is 0 Å². The molecule has 0 unspecified atom stereocenters. The van der Waals surface area contributed by atoms with Crippen molar-refractivity contribution in [3.05, 3.63) is 29.8 Å². The molecule has 108 valence electrons.